The average Bonchev–Trinajstić information content (AvgIpc) is 3.69. The van der Waals surface area contributed by atoms with Crippen LogP contribution < -0.4 is 0 Å². The van der Waals surface area contributed by atoms with Crippen LogP contribution in [0.25, 0.3) is 0 Å². The Kier molecular flexibility index (Phi) is 18.2. The van der Waals surface area contributed by atoms with Gasteiger partial charge < -0.3 is 134 Å². The number of aliphatic hydroxyl groups excluding tert-OH is 17. The van der Waals surface area contributed by atoms with Gasteiger partial charge in [0.2, 0.25) is 6.29 Å². The Hall–Kier alpha value is -1.83. The van der Waals surface area contributed by atoms with Gasteiger partial charge in [0.05, 0.1) is 44.1 Å². The van der Waals surface area contributed by atoms with Gasteiger partial charge in [0.25, 0.3) is 0 Å². The van der Waals surface area contributed by atoms with E-state index in [0.29, 0.717) is 63.4 Å². The normalized spacial score (nSPS) is 54.5. The van der Waals surface area contributed by atoms with Crippen molar-refractivity contribution in [1.29, 1.82) is 0 Å². The van der Waals surface area contributed by atoms with E-state index in [1.807, 2.05) is 0 Å². The van der Waals surface area contributed by atoms with Gasteiger partial charge >= 0.3 is 5.97 Å². The van der Waals surface area contributed by atoms with E-state index in [1.54, 1.807) is 6.92 Å². The first kappa shape index (κ1) is 60.8. The lowest BCUT2D eigenvalue weighted by molar-refractivity contribution is -0.400. The van der Waals surface area contributed by atoms with Crippen molar-refractivity contribution < 1.29 is 139 Å². The number of carbonyl (C=O) groups excluding carboxylic acids is 1. The van der Waals surface area contributed by atoms with E-state index >= 15 is 0 Å². The maximum Gasteiger partial charge on any atom is 0.314 e. The molecule has 5 heterocycles. The van der Waals surface area contributed by atoms with Gasteiger partial charge in [0.1, 0.15) is 116 Å². The largest absolute Gasteiger partial charge is 0.432 e. The average molecular weight is 1130 g/mol. The fourth-order valence-corrected chi connectivity index (χ4v) is 15.0. The van der Waals surface area contributed by atoms with Crippen molar-refractivity contribution in [3.63, 3.8) is 0 Å². The van der Waals surface area contributed by atoms with Crippen LogP contribution in [-0.4, -0.2) is 285 Å². The molecule has 448 valence electrons. The predicted molar refractivity (Wildman–Crippen MR) is 252 cm³/mol. The van der Waals surface area contributed by atoms with Gasteiger partial charge in [-0.2, -0.15) is 0 Å². The molecule has 1 spiro atoms. The van der Waals surface area contributed by atoms with Crippen molar-refractivity contribution in [2.75, 3.05) is 33.0 Å². The first-order valence-corrected chi connectivity index (χ1v) is 26.9. The molecule has 9 rings (SSSR count). The van der Waals surface area contributed by atoms with Gasteiger partial charge in [-0.1, -0.05) is 19.9 Å². The molecule has 4 aliphatic carbocycles. The minimum atomic E-state index is -1.99. The first-order chi connectivity index (χ1) is 36.9. The van der Waals surface area contributed by atoms with Crippen LogP contribution in [0.4, 0.5) is 0 Å². The molecular weight excluding hydrogens is 1050 g/mol. The van der Waals surface area contributed by atoms with Crippen LogP contribution in [0.2, 0.25) is 0 Å². The van der Waals surface area contributed by atoms with Gasteiger partial charge in [-0.05, 0) is 86.5 Å². The number of rotatable bonds is 15. The second-order valence-electron chi connectivity index (χ2n) is 23.6. The fraction of sp³-hybridized carbons (Fsp3) is 0.940. The van der Waals surface area contributed by atoms with Gasteiger partial charge in [-0.3, -0.25) is 4.79 Å². The van der Waals surface area contributed by atoms with E-state index in [0.717, 1.165) is 0 Å². The molecule has 0 aromatic heterocycles. The van der Waals surface area contributed by atoms with E-state index in [9.17, 15) is 91.6 Å². The third-order valence-corrected chi connectivity index (χ3v) is 19.2. The Bertz CT molecular complexity index is 2070. The Morgan fingerprint density at radius 2 is 0.910 bits per heavy atom. The lowest BCUT2D eigenvalue weighted by Crippen LogP contribution is -2.68. The summed E-state index contributed by atoms with van der Waals surface area (Å²) < 4.78 is 60.3. The Labute approximate surface area is 448 Å². The highest BCUT2D eigenvalue weighted by Gasteiger charge is 2.70. The van der Waals surface area contributed by atoms with Crippen LogP contribution in [0.1, 0.15) is 71.6 Å². The molecule has 31 atom stereocenters. The predicted octanol–water partition coefficient (Wildman–Crippen LogP) is -7.29. The second-order valence-corrected chi connectivity index (χ2v) is 23.6. The lowest BCUT2D eigenvalue weighted by atomic mass is 9.41. The number of fused-ring (bicyclic) bond motifs is 3. The molecular formula is C50H80O28. The Morgan fingerprint density at radius 1 is 0.487 bits per heavy atom. The highest BCUT2D eigenvalue weighted by Crippen LogP contribution is 2.74. The molecule has 27 unspecified atom stereocenters. The quantitative estimate of drug-likeness (QED) is 0.0411. The molecule has 9 fully saturated rings. The number of carbonyl (C=O) groups is 1. The van der Waals surface area contributed by atoms with E-state index in [1.165, 1.54) is 0 Å². The fourth-order valence-electron chi connectivity index (χ4n) is 15.0. The maximum absolute atomic E-state index is 14.9. The van der Waals surface area contributed by atoms with Gasteiger partial charge in [-0.15, -0.1) is 0 Å². The number of esters is 1. The maximum atomic E-state index is 14.9. The topological polar surface area (TPSA) is 453 Å². The summed E-state index contributed by atoms with van der Waals surface area (Å²) >= 11 is 0. The second kappa shape index (κ2) is 23.3. The van der Waals surface area contributed by atoms with Crippen LogP contribution in [0.5, 0.6) is 0 Å². The summed E-state index contributed by atoms with van der Waals surface area (Å²) in [6.07, 6.45) is -39.9. The van der Waals surface area contributed by atoms with Crippen molar-refractivity contribution in [1.82, 2.24) is 0 Å². The van der Waals surface area contributed by atoms with Crippen LogP contribution in [0, 0.1) is 28.1 Å². The standard InChI is InChI=1S/C50H80O28/c1-18-11-49-9-5-24-47(2,7-4-8-48(24,3)46(68)77-44-39(34(64)29(59)22(15-54)72-44)75-42-36(66)32(62)27(57)20(13-52)70-42)25(49)6-10-50(18,17-49)78-45-40(76-43-37(67)33(63)28(58)21(14-53)71-43)38(30(60)23(16-55)73-45)74-41-35(65)31(61)26(56)19(12-51)69-41/h19-45,51-67H,1,4-17H2,2-3H3/t19?,20?,21?,22?,23?,24?,25?,26?,27?,28?,29?,30?,31?,32?,33?,34?,35?,36?,37?,38?,39?,40?,41?,42?,43?,44?,45?,47-,48-,49-,50+/m1/s1. The third kappa shape index (κ3) is 10.3. The molecule has 5 saturated heterocycles. The van der Waals surface area contributed by atoms with Crippen LogP contribution in [0.15, 0.2) is 12.2 Å². The summed E-state index contributed by atoms with van der Waals surface area (Å²) in [6.45, 7) is 4.32. The lowest BCUT2D eigenvalue weighted by Gasteiger charge is -2.64. The summed E-state index contributed by atoms with van der Waals surface area (Å²) in [4.78, 5) is 14.9. The van der Waals surface area contributed by atoms with E-state index in [2.05, 4.69) is 13.5 Å². The minimum Gasteiger partial charge on any atom is -0.432 e. The highest BCUT2D eigenvalue weighted by atomic mass is 16.8. The van der Waals surface area contributed by atoms with Crippen molar-refractivity contribution in [2.45, 2.75) is 231 Å². The third-order valence-electron chi connectivity index (χ3n) is 19.2. The molecule has 28 heteroatoms. The monoisotopic (exact) mass is 1130 g/mol. The summed E-state index contributed by atoms with van der Waals surface area (Å²) in [6, 6.07) is 0. The Morgan fingerprint density at radius 3 is 1.41 bits per heavy atom. The molecule has 0 aromatic rings. The van der Waals surface area contributed by atoms with Crippen molar-refractivity contribution in [3.05, 3.63) is 12.2 Å². The molecule has 78 heavy (non-hydrogen) atoms. The molecule has 4 saturated carbocycles. The van der Waals surface area contributed by atoms with E-state index < -0.39 is 214 Å². The molecule has 9 aliphatic rings. The summed E-state index contributed by atoms with van der Waals surface area (Å²) in [5.74, 6) is -1.14. The molecule has 17 N–H and O–H groups in total. The van der Waals surface area contributed by atoms with E-state index in [-0.39, 0.29) is 11.8 Å². The molecule has 0 amide bonds. The van der Waals surface area contributed by atoms with Crippen LogP contribution in [0.3, 0.4) is 0 Å². The summed E-state index contributed by atoms with van der Waals surface area (Å²) in [5, 5.41) is 181. The Balaban J connectivity index is 0.968. The van der Waals surface area contributed by atoms with Gasteiger partial charge in [0.15, 0.2) is 31.3 Å². The highest BCUT2D eigenvalue weighted by molar-refractivity contribution is 5.77. The minimum absolute atomic E-state index is 0.0705. The zero-order chi connectivity index (χ0) is 56.7. The molecule has 28 nitrogen and oxygen atoms in total. The number of hydrogen-bond acceptors (Lipinski definition) is 28. The van der Waals surface area contributed by atoms with Crippen LogP contribution >= 0.6 is 0 Å². The number of ether oxygens (including phenoxy) is 10. The zero-order valence-corrected chi connectivity index (χ0v) is 43.3. The van der Waals surface area contributed by atoms with Gasteiger partial charge in [0, 0.05) is 0 Å². The van der Waals surface area contributed by atoms with Crippen molar-refractivity contribution in [2.24, 2.45) is 28.1 Å². The SMILES string of the molecule is C=C1C[C@@]23CCC4[C@@](C)(CCC[C@@]4(C)C(=O)OC4OC(CO)C(O)C(O)C4OC4OC(CO)C(O)C(O)C4O)C2CC[C@]1(OC1OC(CO)C(O)C(OC2OC(CO)C(O)C(O)C2O)C1OC1OC(CO)C(O)C(O)C1O)C3. The molecule has 0 radical (unpaired) electrons. The van der Waals surface area contributed by atoms with E-state index in [4.69, 9.17) is 47.4 Å². The first-order valence-electron chi connectivity index (χ1n) is 26.9. The zero-order valence-electron chi connectivity index (χ0n) is 43.3. The number of aliphatic hydroxyl groups is 17. The summed E-state index contributed by atoms with van der Waals surface area (Å²) in [7, 11) is 0. The smallest absolute Gasteiger partial charge is 0.314 e. The van der Waals surface area contributed by atoms with Crippen LogP contribution in [-0.2, 0) is 52.2 Å². The number of hydrogen-bond donors (Lipinski definition) is 17. The van der Waals surface area contributed by atoms with Crippen molar-refractivity contribution in [3.8, 4) is 0 Å². The van der Waals surface area contributed by atoms with Crippen molar-refractivity contribution >= 4 is 5.97 Å². The molecule has 2 bridgehead atoms. The molecule has 5 aliphatic heterocycles. The molecule has 0 aromatic carbocycles. The van der Waals surface area contributed by atoms with Gasteiger partial charge in [-0.25, -0.2) is 0 Å². The summed E-state index contributed by atoms with van der Waals surface area (Å²) in [5.41, 5.74) is -2.81.